The van der Waals surface area contributed by atoms with E-state index in [2.05, 4.69) is 10.3 Å². The van der Waals surface area contributed by atoms with Gasteiger partial charge in [0.05, 0.1) is 11.1 Å². The van der Waals surface area contributed by atoms with E-state index in [9.17, 15) is 14.7 Å². The highest BCUT2D eigenvalue weighted by atomic mass is 35.5. The molecule has 1 amide bonds. The zero-order valence-electron chi connectivity index (χ0n) is 15.6. The van der Waals surface area contributed by atoms with Crippen LogP contribution in [0.1, 0.15) is 34.6 Å². The molecule has 1 aromatic heterocycles. The molecular weight excluding hydrogens is 378 g/mol. The third-order valence-corrected chi connectivity index (χ3v) is 4.83. The van der Waals surface area contributed by atoms with Gasteiger partial charge in [-0.2, -0.15) is 0 Å². The number of aromatic nitrogens is 1. The number of aromatic carboxylic acids is 1. The molecule has 0 aliphatic heterocycles. The van der Waals surface area contributed by atoms with Crippen molar-refractivity contribution in [2.45, 2.75) is 13.8 Å². The van der Waals surface area contributed by atoms with Gasteiger partial charge < -0.3 is 15.3 Å². The van der Waals surface area contributed by atoms with Crippen LogP contribution in [0.3, 0.4) is 0 Å². The molecule has 0 saturated carbocycles. The smallest absolute Gasteiger partial charge is 0.335 e. The molecule has 0 aliphatic rings. The number of rotatable bonds is 6. The van der Waals surface area contributed by atoms with Crippen molar-refractivity contribution in [2.75, 3.05) is 18.4 Å². The fourth-order valence-corrected chi connectivity index (χ4v) is 3.34. The number of carbonyl (C=O) groups excluding carboxylic acids is 1. The summed E-state index contributed by atoms with van der Waals surface area (Å²) in [6.07, 6.45) is 1.51. The number of carboxylic acids is 1. The number of nitrogens with one attached hydrogen (secondary N) is 1. The van der Waals surface area contributed by atoms with E-state index in [4.69, 9.17) is 11.6 Å². The van der Waals surface area contributed by atoms with Crippen molar-refractivity contribution in [3.8, 4) is 0 Å². The van der Waals surface area contributed by atoms with Crippen LogP contribution in [0.25, 0.3) is 10.8 Å². The summed E-state index contributed by atoms with van der Waals surface area (Å²) in [6.45, 7) is 5.01. The minimum atomic E-state index is -1.01. The lowest BCUT2D eigenvalue weighted by Gasteiger charge is -2.20. The van der Waals surface area contributed by atoms with Gasteiger partial charge in [-0.25, -0.2) is 9.78 Å². The summed E-state index contributed by atoms with van der Waals surface area (Å²) < 4.78 is 0. The van der Waals surface area contributed by atoms with Gasteiger partial charge in [0.15, 0.2) is 0 Å². The number of carbonyl (C=O) groups is 2. The summed E-state index contributed by atoms with van der Waals surface area (Å²) in [5.41, 5.74) is 1.19. The Morgan fingerprint density at radius 2 is 1.86 bits per heavy atom. The maximum atomic E-state index is 12.9. The molecule has 0 atom stereocenters. The predicted octanol–water partition coefficient (Wildman–Crippen LogP) is 4.81. The zero-order valence-corrected chi connectivity index (χ0v) is 16.3. The Kier molecular flexibility index (Phi) is 5.80. The molecular formula is C21H20ClN3O3. The number of carboxylic acid groups (broad SMARTS) is 1. The number of amides is 1. The third-order valence-electron chi connectivity index (χ3n) is 4.51. The average molecular weight is 398 g/mol. The fourth-order valence-electron chi connectivity index (χ4n) is 3.07. The van der Waals surface area contributed by atoms with E-state index in [0.29, 0.717) is 46.0 Å². The van der Waals surface area contributed by atoms with E-state index in [0.717, 1.165) is 0 Å². The summed E-state index contributed by atoms with van der Waals surface area (Å²) >= 11 is 6.44. The zero-order chi connectivity index (χ0) is 20.3. The molecule has 2 N–H and O–H groups in total. The molecule has 0 aliphatic carbocycles. The van der Waals surface area contributed by atoms with Crippen molar-refractivity contribution in [2.24, 2.45) is 0 Å². The van der Waals surface area contributed by atoms with Crippen molar-refractivity contribution < 1.29 is 14.7 Å². The maximum Gasteiger partial charge on any atom is 0.335 e. The Morgan fingerprint density at radius 1 is 1.14 bits per heavy atom. The van der Waals surface area contributed by atoms with E-state index in [1.165, 1.54) is 18.3 Å². The molecule has 2 aromatic carbocycles. The van der Waals surface area contributed by atoms with Crippen molar-refractivity contribution in [1.82, 2.24) is 9.88 Å². The molecule has 0 fully saturated rings. The summed E-state index contributed by atoms with van der Waals surface area (Å²) in [6, 6.07) is 11.8. The Balaban J connectivity index is 2.10. The number of hydrogen-bond donors (Lipinski definition) is 2. The highest BCUT2D eigenvalue weighted by Crippen LogP contribution is 2.33. The van der Waals surface area contributed by atoms with Crippen molar-refractivity contribution >= 4 is 45.8 Å². The first-order valence-corrected chi connectivity index (χ1v) is 9.30. The first-order valence-electron chi connectivity index (χ1n) is 8.93. The van der Waals surface area contributed by atoms with Gasteiger partial charge in [-0.3, -0.25) is 4.79 Å². The molecule has 0 bridgehead atoms. The maximum absolute atomic E-state index is 12.9. The van der Waals surface area contributed by atoms with Crippen LogP contribution in [0.2, 0.25) is 5.02 Å². The van der Waals surface area contributed by atoms with Gasteiger partial charge in [0.25, 0.3) is 5.91 Å². The van der Waals surface area contributed by atoms with E-state index >= 15 is 0 Å². The number of nitrogens with zero attached hydrogens (tertiary/aromatic N) is 2. The molecule has 1 heterocycles. The number of fused-ring (bicyclic) bond motifs is 1. The Morgan fingerprint density at radius 3 is 2.54 bits per heavy atom. The van der Waals surface area contributed by atoms with Gasteiger partial charge in [0.2, 0.25) is 0 Å². The Bertz CT molecular complexity index is 1050. The summed E-state index contributed by atoms with van der Waals surface area (Å²) in [4.78, 5) is 30.2. The summed E-state index contributed by atoms with van der Waals surface area (Å²) in [5.74, 6) is -0.643. The van der Waals surface area contributed by atoms with Crippen LogP contribution in [-0.2, 0) is 0 Å². The molecule has 7 heteroatoms. The molecule has 0 unspecified atom stereocenters. The lowest BCUT2D eigenvalue weighted by molar-refractivity contribution is 0.0696. The second-order valence-electron chi connectivity index (χ2n) is 6.17. The SMILES string of the molecule is CCN(CC)C(=O)c1cnc(Nc2cccc(C(=O)O)c2)c2cccc(Cl)c12. The standard InChI is InChI=1S/C21H20ClN3O3/c1-3-25(4-2)20(26)16-12-23-19(15-9-6-10-17(22)18(15)16)24-14-8-5-7-13(11-14)21(27)28/h5-12H,3-4H2,1-2H3,(H,23,24)(H,27,28). The summed E-state index contributed by atoms with van der Waals surface area (Å²) in [7, 11) is 0. The van der Waals surface area contributed by atoms with Gasteiger partial charge in [0.1, 0.15) is 5.82 Å². The number of anilines is 2. The quantitative estimate of drug-likeness (QED) is 0.623. The predicted molar refractivity (Wildman–Crippen MR) is 111 cm³/mol. The number of benzene rings is 2. The first-order chi connectivity index (χ1) is 13.5. The molecule has 28 heavy (non-hydrogen) atoms. The minimum Gasteiger partial charge on any atom is -0.478 e. The van der Waals surface area contributed by atoms with E-state index in [-0.39, 0.29) is 11.5 Å². The lowest BCUT2D eigenvalue weighted by Crippen LogP contribution is -2.30. The molecule has 0 saturated heterocycles. The molecule has 144 valence electrons. The Labute approximate surface area is 167 Å². The third kappa shape index (κ3) is 3.77. The van der Waals surface area contributed by atoms with Gasteiger partial charge >= 0.3 is 5.97 Å². The molecule has 6 nitrogen and oxygen atoms in total. The van der Waals surface area contributed by atoms with E-state index in [1.54, 1.807) is 29.2 Å². The van der Waals surface area contributed by atoms with Crippen LogP contribution in [0.5, 0.6) is 0 Å². The minimum absolute atomic E-state index is 0.130. The molecule has 0 spiro atoms. The lowest BCUT2D eigenvalue weighted by atomic mass is 10.1. The highest BCUT2D eigenvalue weighted by Gasteiger charge is 2.20. The van der Waals surface area contributed by atoms with E-state index in [1.807, 2.05) is 19.9 Å². The number of hydrogen-bond acceptors (Lipinski definition) is 4. The summed E-state index contributed by atoms with van der Waals surface area (Å²) in [5, 5.41) is 14.1. The van der Waals surface area contributed by atoms with Crippen LogP contribution in [0.4, 0.5) is 11.5 Å². The van der Waals surface area contributed by atoms with Crippen LogP contribution in [-0.4, -0.2) is 40.0 Å². The number of pyridine rings is 1. The van der Waals surface area contributed by atoms with Crippen LogP contribution in [0.15, 0.2) is 48.7 Å². The second kappa shape index (κ2) is 8.27. The van der Waals surface area contributed by atoms with Crippen LogP contribution < -0.4 is 5.32 Å². The van der Waals surface area contributed by atoms with Crippen LogP contribution >= 0.6 is 11.6 Å². The van der Waals surface area contributed by atoms with Crippen molar-refractivity contribution in [3.05, 3.63) is 64.8 Å². The largest absolute Gasteiger partial charge is 0.478 e. The van der Waals surface area contributed by atoms with Gasteiger partial charge in [-0.15, -0.1) is 0 Å². The normalized spacial score (nSPS) is 10.7. The molecule has 0 radical (unpaired) electrons. The highest BCUT2D eigenvalue weighted by molar-refractivity contribution is 6.37. The van der Waals surface area contributed by atoms with Gasteiger partial charge in [-0.1, -0.05) is 29.8 Å². The van der Waals surface area contributed by atoms with Gasteiger partial charge in [0, 0.05) is 40.8 Å². The fraction of sp³-hybridized carbons (Fsp3) is 0.190. The van der Waals surface area contributed by atoms with Crippen LogP contribution in [0, 0.1) is 0 Å². The Hall–Kier alpha value is -3.12. The first kappa shape index (κ1) is 19.6. The molecule has 3 aromatic rings. The monoisotopic (exact) mass is 397 g/mol. The second-order valence-corrected chi connectivity index (χ2v) is 6.58. The van der Waals surface area contributed by atoms with Crippen molar-refractivity contribution in [1.29, 1.82) is 0 Å². The van der Waals surface area contributed by atoms with Crippen molar-refractivity contribution in [3.63, 3.8) is 0 Å². The van der Waals surface area contributed by atoms with Gasteiger partial charge in [-0.05, 0) is 38.1 Å². The van der Waals surface area contributed by atoms with E-state index < -0.39 is 5.97 Å². The number of halogens is 1. The topological polar surface area (TPSA) is 82.5 Å². The average Bonchev–Trinajstić information content (AvgIpc) is 2.69. The molecule has 3 rings (SSSR count).